The number of nitroso groups, excluding NO2 is 1. The maximum absolute atomic E-state index is 10.9. The normalized spacial score (nSPS) is 41.4. The van der Waals surface area contributed by atoms with Crippen molar-refractivity contribution >= 4 is 0 Å². The molecule has 2 rings (SSSR count). The average Bonchev–Trinajstić information content (AvgIpc) is 3.07. The fourth-order valence-electron chi connectivity index (χ4n) is 3.25. The van der Waals surface area contributed by atoms with Crippen molar-refractivity contribution in [1.82, 2.24) is 0 Å². The second kappa shape index (κ2) is 6.50. The zero-order chi connectivity index (χ0) is 15.6. The van der Waals surface area contributed by atoms with Crippen LogP contribution in [0.4, 0.5) is 0 Å². The summed E-state index contributed by atoms with van der Waals surface area (Å²) < 4.78 is 11.3. The molecule has 0 aromatic rings. The van der Waals surface area contributed by atoms with Gasteiger partial charge in [-0.25, -0.2) is 0 Å². The van der Waals surface area contributed by atoms with E-state index in [2.05, 4.69) is 11.8 Å². The molecule has 0 amide bonds. The summed E-state index contributed by atoms with van der Waals surface area (Å²) in [7, 11) is 0. The number of nitrogens with zero attached hydrogens (tertiary/aromatic N) is 1. The van der Waals surface area contributed by atoms with Crippen LogP contribution >= 0.6 is 0 Å². The van der Waals surface area contributed by atoms with E-state index in [0.29, 0.717) is 19.4 Å². The van der Waals surface area contributed by atoms with E-state index in [4.69, 9.17) is 14.6 Å². The van der Waals surface area contributed by atoms with Gasteiger partial charge in [0.25, 0.3) is 0 Å². The summed E-state index contributed by atoms with van der Waals surface area (Å²) in [6.07, 6.45) is -0.258. The fourth-order valence-corrected chi connectivity index (χ4v) is 3.25. The van der Waals surface area contributed by atoms with E-state index in [-0.39, 0.29) is 12.5 Å². The molecule has 0 bridgehead atoms. The second-order valence-corrected chi connectivity index (χ2v) is 5.81. The van der Waals surface area contributed by atoms with Gasteiger partial charge in [0.1, 0.15) is 17.7 Å². The highest BCUT2D eigenvalue weighted by Gasteiger charge is 2.76. The summed E-state index contributed by atoms with van der Waals surface area (Å²) >= 11 is 0. The minimum atomic E-state index is -1.43. The van der Waals surface area contributed by atoms with E-state index >= 15 is 0 Å². The van der Waals surface area contributed by atoms with Crippen LogP contribution in [0.15, 0.2) is 17.3 Å². The first kappa shape index (κ1) is 16.5. The van der Waals surface area contributed by atoms with E-state index in [1.54, 1.807) is 6.92 Å². The molecule has 0 radical (unpaired) electrons. The molecule has 6 unspecified atom stereocenters. The summed E-state index contributed by atoms with van der Waals surface area (Å²) in [4.78, 5) is 10.9. The largest absolute Gasteiger partial charge is 0.396 e. The van der Waals surface area contributed by atoms with Gasteiger partial charge in [0.15, 0.2) is 6.29 Å². The summed E-state index contributed by atoms with van der Waals surface area (Å²) in [5, 5.41) is 31.6. The highest BCUT2D eigenvalue weighted by Crippen LogP contribution is 2.59. The van der Waals surface area contributed by atoms with Crippen molar-refractivity contribution < 1.29 is 24.8 Å². The molecule has 7 heteroatoms. The molecule has 1 aliphatic heterocycles. The van der Waals surface area contributed by atoms with Crippen molar-refractivity contribution in [2.24, 2.45) is 17.0 Å². The number of unbranched alkanes of at least 4 members (excludes halogenated alkanes) is 1. The van der Waals surface area contributed by atoms with Crippen LogP contribution < -0.4 is 0 Å². The van der Waals surface area contributed by atoms with E-state index in [1.807, 2.05) is 0 Å². The molecule has 0 aromatic carbocycles. The molecule has 120 valence electrons. The van der Waals surface area contributed by atoms with Gasteiger partial charge >= 0.3 is 0 Å². The lowest BCUT2D eigenvalue weighted by atomic mass is 9.89. The minimum absolute atomic E-state index is 0.0948. The molecule has 2 fully saturated rings. The first-order valence-corrected chi connectivity index (χ1v) is 7.21. The van der Waals surface area contributed by atoms with Crippen molar-refractivity contribution in [3.8, 4) is 0 Å². The average molecular weight is 301 g/mol. The summed E-state index contributed by atoms with van der Waals surface area (Å²) in [5.41, 5.74) is -0.682. The second-order valence-electron chi connectivity index (χ2n) is 5.81. The molecule has 0 spiro atoms. The Morgan fingerprint density at radius 2 is 2.14 bits per heavy atom. The lowest BCUT2D eigenvalue weighted by Gasteiger charge is -2.38. The Hall–Kier alpha value is -0.860. The number of aliphatic hydroxyl groups excluding tert-OH is 2. The van der Waals surface area contributed by atoms with Crippen LogP contribution in [0.3, 0.4) is 0 Å². The number of aliphatic hydroxyl groups is 3. The monoisotopic (exact) mass is 301 g/mol. The highest BCUT2D eigenvalue weighted by atomic mass is 16.7. The van der Waals surface area contributed by atoms with Crippen LogP contribution in [0.25, 0.3) is 0 Å². The standard InChI is InChI=1S/C14H23NO6/c1-8(2)10-11-12(15-19)14(11,18)9(7-17)21-13(10)20-6-4-3-5-16/h9-13,16-18H,1,3-7H2,2H3. The van der Waals surface area contributed by atoms with Gasteiger partial charge in [0.2, 0.25) is 0 Å². The van der Waals surface area contributed by atoms with Crippen LogP contribution in [-0.2, 0) is 9.47 Å². The smallest absolute Gasteiger partial charge is 0.165 e. The summed E-state index contributed by atoms with van der Waals surface area (Å²) in [5.74, 6) is -0.768. The van der Waals surface area contributed by atoms with Gasteiger partial charge in [-0.05, 0) is 19.8 Å². The lowest BCUT2D eigenvalue weighted by Crippen LogP contribution is -2.49. The Morgan fingerprint density at radius 1 is 1.43 bits per heavy atom. The first-order chi connectivity index (χ1) is 10.0. The zero-order valence-electron chi connectivity index (χ0n) is 12.1. The number of ether oxygens (including phenoxy) is 2. The van der Waals surface area contributed by atoms with E-state index < -0.39 is 36.6 Å². The van der Waals surface area contributed by atoms with Gasteiger partial charge in [-0.15, -0.1) is 0 Å². The molecule has 2 aliphatic rings. The third-order valence-corrected chi connectivity index (χ3v) is 4.42. The summed E-state index contributed by atoms with van der Waals surface area (Å²) in [6.45, 7) is 5.75. The molecule has 3 N–H and O–H groups in total. The number of rotatable bonds is 8. The highest BCUT2D eigenvalue weighted by molar-refractivity contribution is 5.29. The van der Waals surface area contributed by atoms with Gasteiger partial charge in [-0.1, -0.05) is 17.3 Å². The van der Waals surface area contributed by atoms with Gasteiger partial charge in [-0.3, -0.25) is 0 Å². The minimum Gasteiger partial charge on any atom is -0.396 e. The predicted molar refractivity (Wildman–Crippen MR) is 74.3 cm³/mol. The van der Waals surface area contributed by atoms with E-state index in [9.17, 15) is 15.1 Å². The molecule has 1 heterocycles. The maximum atomic E-state index is 10.9. The van der Waals surface area contributed by atoms with Crippen LogP contribution in [0.1, 0.15) is 19.8 Å². The molecular formula is C14H23NO6. The number of fused-ring (bicyclic) bond motifs is 1. The predicted octanol–water partition coefficient (Wildman–Crippen LogP) is 0.181. The molecule has 6 atom stereocenters. The van der Waals surface area contributed by atoms with E-state index in [1.165, 1.54) is 0 Å². The van der Waals surface area contributed by atoms with E-state index in [0.717, 1.165) is 5.57 Å². The topological polar surface area (TPSA) is 109 Å². The quantitative estimate of drug-likeness (QED) is 0.335. The summed E-state index contributed by atoms with van der Waals surface area (Å²) in [6, 6.07) is -0.803. The molecule has 21 heavy (non-hydrogen) atoms. The lowest BCUT2D eigenvalue weighted by molar-refractivity contribution is -0.252. The Morgan fingerprint density at radius 3 is 2.67 bits per heavy atom. The maximum Gasteiger partial charge on any atom is 0.165 e. The van der Waals surface area contributed by atoms with Crippen molar-refractivity contribution in [3.05, 3.63) is 17.1 Å². The zero-order valence-corrected chi connectivity index (χ0v) is 12.1. The Kier molecular flexibility index (Phi) is 5.11. The molecule has 1 saturated heterocycles. The Balaban J connectivity index is 2.10. The number of hydrogen-bond acceptors (Lipinski definition) is 7. The third kappa shape index (κ3) is 2.76. The SMILES string of the molecule is C=C(C)C1C(OCCCCO)OC(CO)C2(O)C(N=O)C12. The molecular weight excluding hydrogens is 278 g/mol. The van der Waals surface area contributed by atoms with Crippen LogP contribution in [0.5, 0.6) is 0 Å². The number of hydrogen-bond donors (Lipinski definition) is 3. The van der Waals surface area contributed by atoms with Gasteiger partial charge in [0, 0.05) is 25.0 Å². The van der Waals surface area contributed by atoms with Gasteiger partial charge < -0.3 is 24.8 Å². The van der Waals surface area contributed by atoms with Crippen LogP contribution in [-0.4, -0.2) is 59.2 Å². The molecule has 1 aliphatic carbocycles. The van der Waals surface area contributed by atoms with Crippen LogP contribution in [0, 0.1) is 16.7 Å². The third-order valence-electron chi connectivity index (χ3n) is 4.42. The fraction of sp³-hybridized carbons (Fsp3) is 0.857. The first-order valence-electron chi connectivity index (χ1n) is 7.21. The Bertz CT molecular complexity index is 403. The van der Waals surface area contributed by atoms with Gasteiger partial charge in [-0.2, -0.15) is 4.91 Å². The molecule has 1 saturated carbocycles. The Labute approximate surface area is 123 Å². The van der Waals surface area contributed by atoms with Crippen LogP contribution in [0.2, 0.25) is 0 Å². The molecule has 0 aromatic heterocycles. The van der Waals surface area contributed by atoms with Crippen molar-refractivity contribution in [2.75, 3.05) is 19.8 Å². The van der Waals surface area contributed by atoms with Crippen molar-refractivity contribution in [3.63, 3.8) is 0 Å². The van der Waals surface area contributed by atoms with Crippen molar-refractivity contribution in [2.45, 2.75) is 43.8 Å². The van der Waals surface area contributed by atoms with Crippen molar-refractivity contribution in [1.29, 1.82) is 0 Å². The van der Waals surface area contributed by atoms with Gasteiger partial charge in [0.05, 0.1) is 6.61 Å². The molecule has 7 nitrogen and oxygen atoms in total.